The van der Waals surface area contributed by atoms with E-state index in [1.54, 1.807) is 0 Å². The topological polar surface area (TPSA) is 58.6 Å². The predicted octanol–water partition coefficient (Wildman–Crippen LogP) is 2.97. The molecular weight excluding hydrogens is 266 g/mol. The molecule has 4 nitrogen and oxygen atoms in total. The van der Waals surface area contributed by atoms with Crippen LogP contribution in [0.1, 0.15) is 48.4 Å². The van der Waals surface area contributed by atoms with Crippen molar-refractivity contribution >= 4 is 5.97 Å². The second-order valence-electron chi connectivity index (χ2n) is 6.34. The summed E-state index contributed by atoms with van der Waals surface area (Å²) in [6, 6.07) is 4.96. The third kappa shape index (κ3) is 2.77. The average molecular weight is 289 g/mol. The van der Waals surface area contributed by atoms with Gasteiger partial charge in [-0.25, -0.2) is 0 Å². The van der Waals surface area contributed by atoms with Gasteiger partial charge >= 0.3 is 5.97 Å². The van der Waals surface area contributed by atoms with Crippen molar-refractivity contribution in [3.8, 4) is 5.75 Å². The van der Waals surface area contributed by atoms with Crippen molar-refractivity contribution in [3.63, 3.8) is 0 Å². The molecule has 0 radical (unpaired) electrons. The molecule has 1 saturated carbocycles. The van der Waals surface area contributed by atoms with Crippen LogP contribution in [-0.2, 0) is 4.79 Å². The van der Waals surface area contributed by atoms with Gasteiger partial charge in [0.15, 0.2) is 0 Å². The second kappa shape index (κ2) is 5.68. The number of nitrogens with one attached hydrogen (secondary N) is 1. The Bertz CT molecular complexity index is 547. The highest BCUT2D eigenvalue weighted by atomic mass is 16.5. The molecule has 1 aliphatic carbocycles. The molecule has 4 heteroatoms. The van der Waals surface area contributed by atoms with E-state index in [1.165, 1.54) is 16.7 Å². The van der Waals surface area contributed by atoms with Gasteiger partial charge in [0.2, 0.25) is 0 Å². The van der Waals surface area contributed by atoms with Gasteiger partial charge in [-0.05, 0) is 50.7 Å². The monoisotopic (exact) mass is 289 g/mol. The molecule has 1 unspecified atom stereocenters. The minimum absolute atomic E-state index is 0.153. The number of hydrogen-bond donors (Lipinski definition) is 2. The number of aryl methyl sites for hydroxylation is 1. The van der Waals surface area contributed by atoms with Gasteiger partial charge in [0.05, 0.1) is 12.0 Å². The Kier molecular flexibility index (Phi) is 3.89. The summed E-state index contributed by atoms with van der Waals surface area (Å²) in [5, 5.41) is 12.7. The summed E-state index contributed by atoms with van der Waals surface area (Å²) in [5.41, 5.74) is 3.74. The quantitative estimate of drug-likeness (QED) is 0.898. The molecule has 1 atom stereocenters. The molecule has 2 aliphatic rings. The largest absolute Gasteiger partial charge is 0.491 e. The minimum Gasteiger partial charge on any atom is -0.491 e. The second-order valence-corrected chi connectivity index (χ2v) is 6.34. The lowest BCUT2D eigenvalue weighted by Crippen LogP contribution is -2.37. The lowest BCUT2D eigenvalue weighted by molar-refractivity contribution is -0.142. The van der Waals surface area contributed by atoms with Crippen molar-refractivity contribution in [1.29, 1.82) is 0 Å². The van der Waals surface area contributed by atoms with Crippen LogP contribution in [0.25, 0.3) is 0 Å². The highest BCUT2D eigenvalue weighted by Crippen LogP contribution is 2.37. The van der Waals surface area contributed by atoms with Crippen molar-refractivity contribution in [2.45, 2.75) is 51.6 Å². The summed E-state index contributed by atoms with van der Waals surface area (Å²) in [4.78, 5) is 11.0. The summed E-state index contributed by atoms with van der Waals surface area (Å²) in [7, 11) is 0. The maximum absolute atomic E-state index is 11.0. The first-order chi connectivity index (χ1) is 10.1. The van der Waals surface area contributed by atoms with Crippen molar-refractivity contribution in [2.24, 2.45) is 5.92 Å². The zero-order valence-corrected chi connectivity index (χ0v) is 12.7. The number of hydrogen-bond acceptors (Lipinski definition) is 3. The standard InChI is InChI=1S/C17H23NO3/c1-10-3-8-14-15(9-21-16(14)11(10)2)18-13-6-4-12(5-7-13)17(19)20/h3,8,12-13,15,18H,4-7,9H2,1-2H3,(H,19,20). The number of benzene rings is 1. The van der Waals surface area contributed by atoms with E-state index < -0.39 is 5.97 Å². The third-order valence-corrected chi connectivity index (χ3v) is 4.99. The first-order valence-corrected chi connectivity index (χ1v) is 7.78. The summed E-state index contributed by atoms with van der Waals surface area (Å²) in [5.74, 6) is 0.237. The molecular formula is C17H23NO3. The van der Waals surface area contributed by atoms with Crippen LogP contribution >= 0.6 is 0 Å². The molecule has 3 rings (SSSR count). The van der Waals surface area contributed by atoms with Gasteiger partial charge in [0.25, 0.3) is 0 Å². The fourth-order valence-electron chi connectivity index (χ4n) is 3.46. The van der Waals surface area contributed by atoms with Crippen molar-refractivity contribution < 1.29 is 14.6 Å². The van der Waals surface area contributed by atoms with Gasteiger partial charge in [-0.2, -0.15) is 0 Å². The molecule has 1 aliphatic heterocycles. The van der Waals surface area contributed by atoms with Crippen LogP contribution in [0, 0.1) is 19.8 Å². The van der Waals surface area contributed by atoms with E-state index in [9.17, 15) is 4.79 Å². The molecule has 0 bridgehead atoms. The molecule has 1 aromatic rings. The van der Waals surface area contributed by atoms with Crippen LogP contribution in [0.3, 0.4) is 0 Å². The molecule has 0 spiro atoms. The van der Waals surface area contributed by atoms with Gasteiger partial charge in [0, 0.05) is 11.6 Å². The van der Waals surface area contributed by atoms with Crippen LogP contribution in [-0.4, -0.2) is 23.7 Å². The Balaban J connectivity index is 1.64. The van der Waals surface area contributed by atoms with E-state index in [2.05, 4.69) is 31.3 Å². The summed E-state index contributed by atoms with van der Waals surface area (Å²) in [6.07, 6.45) is 3.43. The van der Waals surface area contributed by atoms with Gasteiger partial charge in [-0.1, -0.05) is 12.1 Å². The van der Waals surface area contributed by atoms with Gasteiger partial charge in [-0.15, -0.1) is 0 Å². The fraction of sp³-hybridized carbons (Fsp3) is 0.588. The maximum atomic E-state index is 11.0. The van der Waals surface area contributed by atoms with E-state index in [0.717, 1.165) is 31.4 Å². The molecule has 1 aromatic carbocycles. The number of carboxylic acid groups (broad SMARTS) is 1. The summed E-state index contributed by atoms with van der Waals surface area (Å²) >= 11 is 0. The molecule has 0 saturated heterocycles. The smallest absolute Gasteiger partial charge is 0.306 e. The fourth-order valence-corrected chi connectivity index (χ4v) is 3.46. The number of carboxylic acids is 1. The van der Waals surface area contributed by atoms with E-state index in [1.807, 2.05) is 0 Å². The van der Waals surface area contributed by atoms with Crippen LogP contribution in [0.15, 0.2) is 12.1 Å². The van der Waals surface area contributed by atoms with Crippen LogP contribution < -0.4 is 10.1 Å². The summed E-state index contributed by atoms with van der Waals surface area (Å²) in [6.45, 7) is 4.89. The Morgan fingerprint density at radius 3 is 2.62 bits per heavy atom. The van der Waals surface area contributed by atoms with E-state index >= 15 is 0 Å². The Labute approximate surface area is 125 Å². The highest BCUT2D eigenvalue weighted by molar-refractivity contribution is 5.70. The van der Waals surface area contributed by atoms with Gasteiger partial charge in [-0.3, -0.25) is 4.79 Å². The van der Waals surface area contributed by atoms with Gasteiger partial charge < -0.3 is 15.2 Å². The molecule has 2 N–H and O–H groups in total. The number of aliphatic carboxylic acids is 1. The molecule has 114 valence electrons. The van der Waals surface area contributed by atoms with Crippen LogP contribution in [0.2, 0.25) is 0 Å². The maximum Gasteiger partial charge on any atom is 0.306 e. The lowest BCUT2D eigenvalue weighted by Gasteiger charge is -2.29. The van der Waals surface area contributed by atoms with Crippen molar-refractivity contribution in [1.82, 2.24) is 5.32 Å². The average Bonchev–Trinajstić information content (AvgIpc) is 2.87. The van der Waals surface area contributed by atoms with Crippen molar-refractivity contribution in [2.75, 3.05) is 6.61 Å². The Morgan fingerprint density at radius 2 is 1.95 bits per heavy atom. The van der Waals surface area contributed by atoms with E-state index in [4.69, 9.17) is 9.84 Å². The SMILES string of the molecule is Cc1ccc2c(c1C)OCC2NC1CCC(C(=O)O)CC1. The number of rotatable bonds is 3. The number of fused-ring (bicyclic) bond motifs is 1. The minimum atomic E-state index is -0.644. The first kappa shape index (κ1) is 14.4. The van der Waals surface area contributed by atoms with Gasteiger partial charge in [0.1, 0.15) is 12.4 Å². The predicted molar refractivity (Wildman–Crippen MR) is 80.7 cm³/mol. The number of ether oxygens (including phenoxy) is 1. The Morgan fingerprint density at radius 1 is 1.24 bits per heavy atom. The van der Waals surface area contributed by atoms with Crippen molar-refractivity contribution in [3.05, 3.63) is 28.8 Å². The molecule has 21 heavy (non-hydrogen) atoms. The normalized spacial score (nSPS) is 28.0. The van der Waals surface area contributed by atoms with E-state index in [-0.39, 0.29) is 12.0 Å². The lowest BCUT2D eigenvalue weighted by atomic mass is 9.85. The number of carbonyl (C=O) groups is 1. The summed E-state index contributed by atoms with van der Waals surface area (Å²) < 4.78 is 5.87. The molecule has 1 fully saturated rings. The zero-order chi connectivity index (χ0) is 15.0. The highest BCUT2D eigenvalue weighted by Gasteiger charge is 2.31. The Hall–Kier alpha value is -1.55. The third-order valence-electron chi connectivity index (χ3n) is 4.99. The first-order valence-electron chi connectivity index (χ1n) is 7.78. The zero-order valence-electron chi connectivity index (χ0n) is 12.7. The van der Waals surface area contributed by atoms with Crippen LogP contribution in [0.5, 0.6) is 5.75 Å². The van der Waals surface area contributed by atoms with E-state index in [0.29, 0.717) is 12.6 Å². The molecule has 0 amide bonds. The molecule has 0 aromatic heterocycles. The van der Waals surface area contributed by atoms with Crippen LogP contribution in [0.4, 0.5) is 0 Å². The molecule has 1 heterocycles.